The van der Waals surface area contributed by atoms with Gasteiger partial charge in [0.1, 0.15) is 0 Å². The van der Waals surface area contributed by atoms with Gasteiger partial charge >= 0.3 is 12.1 Å². The number of hydrogen-bond acceptors (Lipinski definition) is 1. The predicted octanol–water partition coefficient (Wildman–Crippen LogP) is 5.73. The highest BCUT2D eigenvalue weighted by Gasteiger charge is 2.34. The van der Waals surface area contributed by atoms with E-state index in [1.165, 1.54) is 6.07 Å². The molecular formula is C16H11BrClF3O2. The molecule has 1 N–H and O–H groups in total. The van der Waals surface area contributed by atoms with Gasteiger partial charge in [-0.05, 0) is 29.3 Å². The number of aliphatic carboxylic acids is 1. The number of halogens is 5. The lowest BCUT2D eigenvalue weighted by atomic mass is 9.87. The zero-order valence-corrected chi connectivity index (χ0v) is 13.9. The zero-order chi connectivity index (χ0) is 17.2. The molecule has 0 radical (unpaired) electrons. The Morgan fingerprint density at radius 2 is 1.87 bits per heavy atom. The fraction of sp³-hybridized carbons (Fsp3) is 0.188. The lowest BCUT2D eigenvalue weighted by molar-refractivity contribution is -0.137. The minimum Gasteiger partial charge on any atom is -0.481 e. The number of carboxylic acids is 1. The summed E-state index contributed by atoms with van der Waals surface area (Å²) in [7, 11) is 0. The first-order chi connectivity index (χ1) is 10.7. The molecule has 0 aliphatic carbocycles. The first-order valence-corrected chi connectivity index (χ1v) is 7.70. The van der Waals surface area contributed by atoms with Crippen molar-refractivity contribution in [2.75, 3.05) is 0 Å². The Bertz CT molecular complexity index is 732. The molecule has 0 amide bonds. The fourth-order valence-electron chi connectivity index (χ4n) is 2.32. The van der Waals surface area contributed by atoms with E-state index in [2.05, 4.69) is 15.9 Å². The molecule has 0 unspecified atom stereocenters. The van der Waals surface area contributed by atoms with Crippen LogP contribution in [0.2, 0.25) is 5.02 Å². The van der Waals surface area contributed by atoms with Crippen molar-refractivity contribution in [2.45, 2.75) is 18.5 Å². The Kier molecular flexibility index (Phi) is 5.37. The lowest BCUT2D eigenvalue weighted by Gasteiger charge is -2.19. The topological polar surface area (TPSA) is 37.3 Å². The summed E-state index contributed by atoms with van der Waals surface area (Å²) in [6.45, 7) is 0. The second kappa shape index (κ2) is 6.93. The van der Waals surface area contributed by atoms with Crippen molar-refractivity contribution < 1.29 is 23.1 Å². The van der Waals surface area contributed by atoms with E-state index in [-0.39, 0.29) is 12.0 Å². The maximum Gasteiger partial charge on any atom is 0.417 e. The third-order valence-corrected chi connectivity index (χ3v) is 4.41. The molecule has 2 nitrogen and oxygen atoms in total. The maximum absolute atomic E-state index is 13.0. The Hall–Kier alpha value is -1.53. The molecule has 2 aromatic carbocycles. The van der Waals surface area contributed by atoms with Gasteiger partial charge in [0.15, 0.2) is 0 Å². The summed E-state index contributed by atoms with van der Waals surface area (Å²) in [6.07, 6.45) is -4.93. The summed E-state index contributed by atoms with van der Waals surface area (Å²) < 4.78 is 39.7. The second-order valence-electron chi connectivity index (χ2n) is 4.91. The van der Waals surface area contributed by atoms with Gasteiger partial charge in [0, 0.05) is 10.4 Å². The third-order valence-electron chi connectivity index (χ3n) is 3.36. The summed E-state index contributed by atoms with van der Waals surface area (Å²) in [5.41, 5.74) is -0.125. The fourth-order valence-corrected chi connectivity index (χ4v) is 3.10. The first-order valence-electron chi connectivity index (χ1n) is 6.53. The quantitative estimate of drug-likeness (QED) is 0.703. The van der Waals surface area contributed by atoms with E-state index in [9.17, 15) is 18.0 Å². The van der Waals surface area contributed by atoms with Crippen LogP contribution in [0.3, 0.4) is 0 Å². The molecule has 0 aliphatic rings. The second-order valence-corrected chi connectivity index (χ2v) is 6.17. The van der Waals surface area contributed by atoms with Crippen LogP contribution in [0.15, 0.2) is 46.9 Å². The summed E-state index contributed by atoms with van der Waals surface area (Å²) in [5, 5.41) is 8.70. The number of carbonyl (C=O) groups is 1. The lowest BCUT2D eigenvalue weighted by Crippen LogP contribution is -2.11. The average Bonchev–Trinajstić information content (AvgIpc) is 2.45. The molecule has 0 saturated heterocycles. The minimum atomic E-state index is -4.60. The van der Waals surface area contributed by atoms with Crippen molar-refractivity contribution in [1.29, 1.82) is 0 Å². The van der Waals surface area contributed by atoms with Crippen molar-refractivity contribution in [2.24, 2.45) is 0 Å². The standard InChI is InChI=1S/C16H11BrClF3O2/c17-13-4-2-1-3-10(13)11(8-15(22)23)9-5-6-14(18)12(7-9)16(19,20)21/h1-7,11H,8H2,(H,22,23)/t11-/m0/s1. The molecule has 0 spiro atoms. The Morgan fingerprint density at radius 1 is 1.22 bits per heavy atom. The molecule has 23 heavy (non-hydrogen) atoms. The molecule has 2 aromatic rings. The highest BCUT2D eigenvalue weighted by Crippen LogP contribution is 2.39. The minimum absolute atomic E-state index is 0.246. The summed E-state index contributed by atoms with van der Waals surface area (Å²) >= 11 is 8.94. The average molecular weight is 408 g/mol. The van der Waals surface area contributed by atoms with Crippen LogP contribution in [0.1, 0.15) is 29.0 Å². The van der Waals surface area contributed by atoms with E-state index < -0.39 is 28.6 Å². The monoisotopic (exact) mass is 406 g/mol. The van der Waals surface area contributed by atoms with E-state index in [0.29, 0.717) is 10.0 Å². The van der Waals surface area contributed by atoms with Crippen molar-refractivity contribution >= 4 is 33.5 Å². The molecule has 0 bridgehead atoms. The van der Waals surface area contributed by atoms with E-state index in [1.807, 2.05) is 0 Å². The van der Waals surface area contributed by atoms with E-state index in [4.69, 9.17) is 16.7 Å². The van der Waals surface area contributed by atoms with Gasteiger partial charge in [-0.2, -0.15) is 13.2 Å². The van der Waals surface area contributed by atoms with Gasteiger partial charge in [0.2, 0.25) is 0 Å². The van der Waals surface area contributed by atoms with Gasteiger partial charge in [0.25, 0.3) is 0 Å². The van der Waals surface area contributed by atoms with Crippen LogP contribution in [0.5, 0.6) is 0 Å². The van der Waals surface area contributed by atoms with Crippen molar-refractivity contribution in [3.05, 3.63) is 68.7 Å². The van der Waals surface area contributed by atoms with Gasteiger partial charge in [-0.3, -0.25) is 4.79 Å². The maximum atomic E-state index is 13.0. The number of rotatable bonds is 4. The Morgan fingerprint density at radius 3 is 2.43 bits per heavy atom. The summed E-state index contributed by atoms with van der Waals surface area (Å²) in [4.78, 5) is 11.2. The van der Waals surface area contributed by atoms with Crippen LogP contribution in [0.4, 0.5) is 13.2 Å². The van der Waals surface area contributed by atoms with Crippen LogP contribution in [-0.2, 0) is 11.0 Å². The van der Waals surface area contributed by atoms with Gasteiger partial charge in [-0.25, -0.2) is 0 Å². The van der Waals surface area contributed by atoms with E-state index >= 15 is 0 Å². The Balaban J connectivity index is 2.57. The van der Waals surface area contributed by atoms with Crippen LogP contribution < -0.4 is 0 Å². The molecule has 0 heterocycles. The van der Waals surface area contributed by atoms with Gasteiger partial charge in [-0.15, -0.1) is 0 Å². The Labute approximate surface area is 144 Å². The molecule has 1 atom stereocenters. The molecule has 2 rings (SSSR count). The molecule has 0 aromatic heterocycles. The number of benzene rings is 2. The highest BCUT2D eigenvalue weighted by molar-refractivity contribution is 9.10. The van der Waals surface area contributed by atoms with E-state index in [0.717, 1.165) is 12.1 Å². The van der Waals surface area contributed by atoms with Crippen molar-refractivity contribution in [3.8, 4) is 0 Å². The van der Waals surface area contributed by atoms with Crippen LogP contribution in [-0.4, -0.2) is 11.1 Å². The van der Waals surface area contributed by atoms with Gasteiger partial charge < -0.3 is 5.11 Å². The number of alkyl halides is 3. The van der Waals surface area contributed by atoms with Gasteiger partial charge in [0.05, 0.1) is 17.0 Å². The van der Waals surface area contributed by atoms with Crippen LogP contribution >= 0.6 is 27.5 Å². The highest BCUT2D eigenvalue weighted by atomic mass is 79.9. The number of carboxylic acid groups (broad SMARTS) is 1. The van der Waals surface area contributed by atoms with Crippen LogP contribution in [0, 0.1) is 0 Å². The van der Waals surface area contributed by atoms with Gasteiger partial charge in [-0.1, -0.05) is 51.8 Å². The van der Waals surface area contributed by atoms with Crippen molar-refractivity contribution in [1.82, 2.24) is 0 Å². The predicted molar refractivity (Wildman–Crippen MR) is 84.7 cm³/mol. The normalized spacial score (nSPS) is 12.9. The largest absolute Gasteiger partial charge is 0.481 e. The molecule has 0 fully saturated rings. The van der Waals surface area contributed by atoms with Crippen LogP contribution in [0.25, 0.3) is 0 Å². The molecule has 0 saturated carbocycles. The smallest absolute Gasteiger partial charge is 0.417 e. The summed E-state index contributed by atoms with van der Waals surface area (Å²) in [6, 6.07) is 10.3. The van der Waals surface area contributed by atoms with E-state index in [1.54, 1.807) is 24.3 Å². The van der Waals surface area contributed by atoms with Crippen molar-refractivity contribution in [3.63, 3.8) is 0 Å². The molecule has 122 valence electrons. The third kappa shape index (κ3) is 4.26. The molecule has 0 aliphatic heterocycles. The zero-order valence-electron chi connectivity index (χ0n) is 11.6. The first kappa shape index (κ1) is 17.8. The SMILES string of the molecule is O=C(O)C[C@@H](c1ccc(Cl)c(C(F)(F)F)c1)c1ccccc1Br. The molecule has 7 heteroatoms. The summed E-state index contributed by atoms with van der Waals surface area (Å²) in [5.74, 6) is -1.82. The number of hydrogen-bond donors (Lipinski definition) is 1. The molecular weight excluding hydrogens is 397 g/mol.